The third-order valence-corrected chi connectivity index (χ3v) is 1.16. The van der Waals surface area contributed by atoms with Crippen LogP contribution in [0, 0.1) is 0 Å². The van der Waals surface area contributed by atoms with E-state index in [-0.39, 0.29) is 5.88 Å². The zero-order valence-electron chi connectivity index (χ0n) is 6.42. The second-order valence-corrected chi connectivity index (χ2v) is 2.13. The second kappa shape index (κ2) is 3.85. The number of ether oxygens (including phenoxy) is 1. The van der Waals surface area contributed by atoms with Crippen LogP contribution in [0.4, 0.5) is 8.78 Å². The molecule has 0 aromatic heterocycles. The Labute approximate surface area is 68.4 Å². The van der Waals surface area contributed by atoms with Crippen molar-refractivity contribution in [3.05, 3.63) is 23.9 Å². The van der Waals surface area contributed by atoms with E-state index in [1.165, 1.54) is 12.4 Å². The smallest absolute Gasteiger partial charge is 0.388 e. The molecule has 1 aliphatic heterocycles. The minimum atomic E-state index is -2.84. The summed E-state index contributed by atoms with van der Waals surface area (Å²) in [6, 6.07) is 0. The SMILES string of the molecule is CC1=CC=NC(OC(F)F)=CN1. The van der Waals surface area contributed by atoms with Crippen LogP contribution in [0.1, 0.15) is 6.92 Å². The van der Waals surface area contributed by atoms with Crippen molar-refractivity contribution < 1.29 is 13.5 Å². The van der Waals surface area contributed by atoms with Crippen LogP contribution in [0.5, 0.6) is 0 Å². The van der Waals surface area contributed by atoms with E-state index in [1.54, 1.807) is 13.0 Å². The fraction of sp³-hybridized carbons (Fsp3) is 0.286. The lowest BCUT2D eigenvalue weighted by Crippen LogP contribution is -2.04. The van der Waals surface area contributed by atoms with Crippen LogP contribution in [0.15, 0.2) is 28.8 Å². The van der Waals surface area contributed by atoms with Crippen molar-refractivity contribution in [2.45, 2.75) is 13.5 Å². The number of nitrogens with one attached hydrogen (secondary N) is 1. The van der Waals surface area contributed by atoms with Crippen molar-refractivity contribution in [2.75, 3.05) is 0 Å². The van der Waals surface area contributed by atoms with E-state index in [0.717, 1.165) is 5.70 Å². The lowest BCUT2D eigenvalue weighted by molar-refractivity contribution is -0.0968. The van der Waals surface area contributed by atoms with E-state index in [0.29, 0.717) is 0 Å². The van der Waals surface area contributed by atoms with E-state index in [4.69, 9.17) is 0 Å². The summed E-state index contributed by atoms with van der Waals surface area (Å²) < 4.78 is 27.4. The highest BCUT2D eigenvalue weighted by atomic mass is 19.3. The summed E-state index contributed by atoms with van der Waals surface area (Å²) in [4.78, 5) is 3.61. The van der Waals surface area contributed by atoms with Gasteiger partial charge in [-0.15, -0.1) is 0 Å². The third-order valence-electron chi connectivity index (χ3n) is 1.16. The number of allylic oxidation sites excluding steroid dienone is 2. The first kappa shape index (κ1) is 8.70. The Balaban J connectivity index is 2.58. The van der Waals surface area contributed by atoms with Crippen molar-refractivity contribution in [1.29, 1.82) is 0 Å². The molecule has 1 heterocycles. The van der Waals surface area contributed by atoms with Crippen LogP contribution in [0.3, 0.4) is 0 Å². The van der Waals surface area contributed by atoms with Crippen LogP contribution in [-0.4, -0.2) is 12.8 Å². The summed E-state index contributed by atoms with van der Waals surface area (Å²) >= 11 is 0. The normalized spacial score (nSPS) is 16.3. The monoisotopic (exact) mass is 174 g/mol. The van der Waals surface area contributed by atoms with Gasteiger partial charge in [0, 0.05) is 11.9 Å². The molecular formula is C7H8F2N2O. The van der Waals surface area contributed by atoms with E-state index in [1.807, 2.05) is 0 Å². The zero-order chi connectivity index (χ0) is 8.97. The lowest BCUT2D eigenvalue weighted by atomic mass is 10.4. The van der Waals surface area contributed by atoms with Gasteiger partial charge in [0.1, 0.15) is 0 Å². The summed E-state index contributed by atoms with van der Waals surface area (Å²) in [6.45, 7) is -1.05. The first-order valence-electron chi connectivity index (χ1n) is 3.31. The molecule has 0 amide bonds. The number of hydrogen-bond acceptors (Lipinski definition) is 3. The van der Waals surface area contributed by atoms with E-state index in [9.17, 15) is 8.78 Å². The predicted octanol–water partition coefficient (Wildman–Crippen LogP) is 1.60. The predicted molar refractivity (Wildman–Crippen MR) is 40.6 cm³/mol. The van der Waals surface area contributed by atoms with Gasteiger partial charge in [0.2, 0.25) is 5.88 Å². The number of hydrogen-bond donors (Lipinski definition) is 1. The molecule has 5 heteroatoms. The van der Waals surface area contributed by atoms with E-state index >= 15 is 0 Å². The Bertz CT molecular complexity index is 246. The quantitative estimate of drug-likeness (QED) is 0.689. The largest absolute Gasteiger partial charge is 0.415 e. The zero-order valence-corrected chi connectivity index (χ0v) is 6.42. The molecule has 0 atom stereocenters. The van der Waals surface area contributed by atoms with Gasteiger partial charge in [0.25, 0.3) is 0 Å². The highest BCUT2D eigenvalue weighted by Crippen LogP contribution is 2.07. The Hall–Kier alpha value is -1.39. The molecule has 1 N–H and O–H groups in total. The van der Waals surface area contributed by atoms with Crippen LogP contribution < -0.4 is 5.32 Å². The summed E-state index contributed by atoms with van der Waals surface area (Å²) in [7, 11) is 0. The molecule has 12 heavy (non-hydrogen) atoms. The van der Waals surface area contributed by atoms with Crippen molar-refractivity contribution in [1.82, 2.24) is 5.32 Å². The molecule has 0 saturated carbocycles. The number of alkyl halides is 2. The molecular weight excluding hydrogens is 166 g/mol. The van der Waals surface area contributed by atoms with Crippen molar-refractivity contribution in [3.8, 4) is 0 Å². The highest BCUT2D eigenvalue weighted by molar-refractivity contribution is 5.73. The number of aliphatic imine (C=N–C) groups is 1. The molecule has 0 unspecified atom stereocenters. The molecule has 1 rings (SSSR count). The van der Waals surface area contributed by atoms with Crippen molar-refractivity contribution >= 4 is 6.21 Å². The molecule has 3 nitrogen and oxygen atoms in total. The van der Waals surface area contributed by atoms with Crippen LogP contribution in [-0.2, 0) is 4.74 Å². The van der Waals surface area contributed by atoms with Gasteiger partial charge in [0.15, 0.2) is 0 Å². The van der Waals surface area contributed by atoms with Crippen LogP contribution >= 0.6 is 0 Å². The lowest BCUT2D eigenvalue weighted by Gasteiger charge is -2.02. The minimum Gasteiger partial charge on any atom is -0.415 e. The van der Waals surface area contributed by atoms with E-state index < -0.39 is 6.61 Å². The van der Waals surface area contributed by atoms with Gasteiger partial charge in [-0.05, 0) is 13.0 Å². The van der Waals surface area contributed by atoms with Crippen molar-refractivity contribution in [2.24, 2.45) is 4.99 Å². The van der Waals surface area contributed by atoms with Gasteiger partial charge < -0.3 is 10.1 Å². The van der Waals surface area contributed by atoms with Gasteiger partial charge in [-0.1, -0.05) is 0 Å². The molecule has 0 fully saturated rings. The van der Waals surface area contributed by atoms with Gasteiger partial charge in [-0.2, -0.15) is 8.78 Å². The fourth-order valence-electron chi connectivity index (χ4n) is 0.639. The molecule has 0 spiro atoms. The Morgan fingerprint density at radius 3 is 3.00 bits per heavy atom. The molecule has 0 radical (unpaired) electrons. The molecule has 0 aliphatic carbocycles. The first-order chi connectivity index (χ1) is 5.68. The molecule has 0 bridgehead atoms. The standard InChI is InChI=1S/C7H8F2N2O/c1-5-2-3-10-6(4-11-5)12-7(8)9/h2-4,7,11H,1H3. The number of nitrogens with zero attached hydrogens (tertiary/aromatic N) is 1. The van der Waals surface area contributed by atoms with E-state index in [2.05, 4.69) is 15.0 Å². The maximum absolute atomic E-state index is 11.7. The minimum absolute atomic E-state index is 0.127. The van der Waals surface area contributed by atoms with Crippen molar-refractivity contribution in [3.63, 3.8) is 0 Å². The molecule has 1 aliphatic rings. The maximum Gasteiger partial charge on any atom is 0.388 e. The highest BCUT2D eigenvalue weighted by Gasteiger charge is 2.05. The van der Waals surface area contributed by atoms with Gasteiger partial charge >= 0.3 is 6.61 Å². The molecule has 66 valence electrons. The van der Waals surface area contributed by atoms with Gasteiger partial charge in [-0.3, -0.25) is 0 Å². The summed E-state index contributed by atoms with van der Waals surface area (Å²) in [5.41, 5.74) is 0.812. The summed E-state index contributed by atoms with van der Waals surface area (Å²) in [5.74, 6) is -0.127. The van der Waals surface area contributed by atoms with Crippen LogP contribution in [0.25, 0.3) is 0 Å². The Morgan fingerprint density at radius 1 is 1.58 bits per heavy atom. The molecule has 0 saturated heterocycles. The first-order valence-corrected chi connectivity index (χ1v) is 3.31. The molecule has 0 aromatic carbocycles. The summed E-state index contributed by atoms with van der Waals surface area (Å²) in [6.07, 6.45) is 4.32. The third kappa shape index (κ3) is 2.69. The summed E-state index contributed by atoms with van der Waals surface area (Å²) in [5, 5.41) is 2.72. The van der Waals surface area contributed by atoms with Gasteiger partial charge in [-0.25, -0.2) is 4.99 Å². The Morgan fingerprint density at radius 2 is 2.33 bits per heavy atom. The van der Waals surface area contributed by atoms with Crippen LogP contribution in [0.2, 0.25) is 0 Å². The van der Waals surface area contributed by atoms with Gasteiger partial charge in [0.05, 0.1) is 6.20 Å². The second-order valence-electron chi connectivity index (χ2n) is 2.13. The Kier molecular flexibility index (Phi) is 2.79. The number of rotatable bonds is 2. The topological polar surface area (TPSA) is 33.6 Å². The average Bonchev–Trinajstić information content (AvgIpc) is 2.15. The average molecular weight is 174 g/mol. The fourth-order valence-corrected chi connectivity index (χ4v) is 0.639. The maximum atomic E-state index is 11.7. The molecule has 0 aromatic rings. The number of halogens is 2.